The zero-order chi connectivity index (χ0) is 19.1. The summed E-state index contributed by atoms with van der Waals surface area (Å²) in [4.78, 5) is 26.6. The van der Waals surface area contributed by atoms with E-state index in [1.165, 1.54) is 37.4 Å². The number of imide groups is 1. The summed E-state index contributed by atoms with van der Waals surface area (Å²) >= 11 is 0. The van der Waals surface area contributed by atoms with Crippen molar-refractivity contribution in [3.63, 3.8) is 0 Å². The third-order valence-corrected chi connectivity index (χ3v) is 4.45. The molecule has 0 unspecified atom stereocenters. The van der Waals surface area contributed by atoms with Gasteiger partial charge in [0.25, 0.3) is 11.8 Å². The molecule has 2 aromatic carbocycles. The monoisotopic (exact) mass is 370 g/mol. The Morgan fingerprint density at radius 1 is 0.963 bits per heavy atom. The van der Waals surface area contributed by atoms with Gasteiger partial charge in [0.2, 0.25) is 0 Å². The van der Waals surface area contributed by atoms with Crippen molar-refractivity contribution in [2.45, 2.75) is 12.1 Å². The minimum atomic E-state index is -0.988. The molecule has 2 aliphatic rings. The summed E-state index contributed by atoms with van der Waals surface area (Å²) < 4.78 is 24.0. The zero-order valence-corrected chi connectivity index (χ0v) is 14.5. The van der Waals surface area contributed by atoms with E-state index in [-0.39, 0.29) is 5.69 Å². The number of nitrogens with zero attached hydrogens (tertiary/aromatic N) is 4. The molecule has 0 N–H and O–H groups in total. The Balaban J connectivity index is 1.72. The number of anilines is 2. The largest absolute Gasteiger partial charge is 0.497 e. The van der Waals surface area contributed by atoms with Gasteiger partial charge in [-0.1, -0.05) is 11.3 Å². The number of carbonyl (C=O) groups is 2. The van der Waals surface area contributed by atoms with Crippen molar-refractivity contribution in [1.29, 1.82) is 0 Å². The van der Waals surface area contributed by atoms with Crippen LogP contribution in [0.4, 0.5) is 15.8 Å². The maximum atomic E-state index is 13.5. The highest BCUT2D eigenvalue weighted by atomic mass is 19.1. The molecule has 2 aliphatic heterocycles. The lowest BCUT2D eigenvalue weighted by molar-refractivity contribution is -0.121. The summed E-state index contributed by atoms with van der Waals surface area (Å²) in [5, 5.41) is 9.31. The van der Waals surface area contributed by atoms with Crippen LogP contribution in [0.1, 0.15) is 0 Å². The highest BCUT2D eigenvalue weighted by Crippen LogP contribution is 2.37. The highest BCUT2D eigenvalue weighted by molar-refractivity contribution is 6.26. The average molecular weight is 370 g/mol. The molecule has 2 amide bonds. The molecule has 2 heterocycles. The van der Waals surface area contributed by atoms with Gasteiger partial charge >= 0.3 is 0 Å². The second kappa shape index (κ2) is 6.35. The Morgan fingerprint density at radius 2 is 1.67 bits per heavy atom. The molecule has 2 atom stereocenters. The SMILES string of the molecule is COc1cc(OC)cc(N2N=N[C@@H]3C(=O)N(c4cccc(F)c4)C(=O)[C@@H]32)c1. The number of hydrogen-bond donors (Lipinski definition) is 0. The number of halogens is 1. The molecule has 9 heteroatoms. The molecule has 0 saturated carbocycles. The molecule has 27 heavy (non-hydrogen) atoms. The predicted molar refractivity (Wildman–Crippen MR) is 93.4 cm³/mol. The second-order valence-electron chi connectivity index (χ2n) is 6.00. The van der Waals surface area contributed by atoms with Gasteiger partial charge in [-0.25, -0.2) is 14.3 Å². The molecule has 1 fully saturated rings. The summed E-state index contributed by atoms with van der Waals surface area (Å²) in [5.41, 5.74) is 0.655. The van der Waals surface area contributed by atoms with Gasteiger partial charge in [0.15, 0.2) is 12.1 Å². The third-order valence-electron chi connectivity index (χ3n) is 4.45. The molecular weight excluding hydrogens is 355 g/mol. The molecule has 8 nitrogen and oxygen atoms in total. The standard InChI is InChI=1S/C18H15FN4O4/c1-26-13-7-12(8-14(9-13)27-2)23-16-15(20-21-23)17(24)22(18(16)25)11-5-3-4-10(19)6-11/h3-9,15-16H,1-2H3/t15-,16+/m0/s1. The van der Waals surface area contributed by atoms with Crippen LogP contribution in [0.5, 0.6) is 11.5 Å². The van der Waals surface area contributed by atoms with Gasteiger partial charge in [-0.3, -0.25) is 9.59 Å². The normalized spacial score (nSPS) is 21.0. The van der Waals surface area contributed by atoms with Crippen LogP contribution in [0.2, 0.25) is 0 Å². The summed E-state index contributed by atoms with van der Waals surface area (Å²) in [6, 6.07) is 8.36. The fourth-order valence-electron chi connectivity index (χ4n) is 3.17. The van der Waals surface area contributed by atoms with E-state index in [9.17, 15) is 14.0 Å². The number of amides is 2. The molecule has 0 bridgehead atoms. The summed E-state index contributed by atoms with van der Waals surface area (Å²) in [7, 11) is 3.01. The first-order valence-corrected chi connectivity index (χ1v) is 8.10. The number of ether oxygens (including phenoxy) is 2. The van der Waals surface area contributed by atoms with Crippen molar-refractivity contribution in [1.82, 2.24) is 0 Å². The predicted octanol–water partition coefficient (Wildman–Crippen LogP) is 2.34. The van der Waals surface area contributed by atoms with E-state index in [0.717, 1.165) is 11.0 Å². The Labute approximate surface area is 153 Å². The Kier molecular flexibility index (Phi) is 3.98. The minimum Gasteiger partial charge on any atom is -0.497 e. The van der Waals surface area contributed by atoms with E-state index in [4.69, 9.17) is 9.47 Å². The Morgan fingerprint density at radius 3 is 2.30 bits per heavy atom. The van der Waals surface area contributed by atoms with Crippen LogP contribution in [0, 0.1) is 5.82 Å². The first-order valence-electron chi connectivity index (χ1n) is 8.10. The molecule has 138 valence electrons. The van der Waals surface area contributed by atoms with Gasteiger partial charge in [0.1, 0.15) is 17.3 Å². The van der Waals surface area contributed by atoms with E-state index >= 15 is 0 Å². The summed E-state index contributed by atoms with van der Waals surface area (Å²) in [6.07, 6.45) is 0. The van der Waals surface area contributed by atoms with Gasteiger partial charge in [0, 0.05) is 18.2 Å². The zero-order valence-electron chi connectivity index (χ0n) is 14.5. The van der Waals surface area contributed by atoms with Crippen molar-refractivity contribution >= 4 is 23.2 Å². The smallest absolute Gasteiger partial charge is 0.263 e. The lowest BCUT2D eigenvalue weighted by Gasteiger charge is -2.21. The molecule has 4 rings (SSSR count). The summed E-state index contributed by atoms with van der Waals surface area (Å²) in [5.74, 6) is -0.608. The number of rotatable bonds is 4. The van der Waals surface area contributed by atoms with Crippen molar-refractivity contribution in [2.24, 2.45) is 10.3 Å². The lowest BCUT2D eigenvalue weighted by Crippen LogP contribution is -2.40. The van der Waals surface area contributed by atoms with Crippen molar-refractivity contribution in [2.75, 3.05) is 24.1 Å². The Hall–Kier alpha value is -3.49. The number of benzene rings is 2. The fraction of sp³-hybridized carbons (Fsp3) is 0.222. The molecule has 1 saturated heterocycles. The van der Waals surface area contributed by atoms with Crippen LogP contribution in [0.15, 0.2) is 52.8 Å². The van der Waals surface area contributed by atoms with Crippen molar-refractivity contribution in [3.8, 4) is 11.5 Å². The van der Waals surface area contributed by atoms with Crippen LogP contribution in [0.3, 0.4) is 0 Å². The lowest BCUT2D eigenvalue weighted by atomic mass is 10.1. The highest BCUT2D eigenvalue weighted by Gasteiger charge is 2.55. The second-order valence-corrected chi connectivity index (χ2v) is 6.00. The summed E-state index contributed by atoms with van der Waals surface area (Å²) in [6.45, 7) is 0. The van der Waals surface area contributed by atoms with Crippen molar-refractivity contribution in [3.05, 3.63) is 48.3 Å². The minimum absolute atomic E-state index is 0.165. The first kappa shape index (κ1) is 17.0. The molecular formula is C18H15FN4O4. The van der Waals surface area contributed by atoms with E-state index < -0.39 is 29.7 Å². The van der Waals surface area contributed by atoms with Gasteiger partial charge < -0.3 is 9.47 Å². The van der Waals surface area contributed by atoms with E-state index in [2.05, 4.69) is 10.3 Å². The number of carbonyl (C=O) groups excluding carboxylic acids is 2. The number of hydrogen-bond acceptors (Lipinski definition) is 7. The van der Waals surface area contributed by atoms with Crippen LogP contribution < -0.4 is 19.4 Å². The first-order chi connectivity index (χ1) is 13.0. The van der Waals surface area contributed by atoms with Crippen LogP contribution in [0.25, 0.3) is 0 Å². The van der Waals surface area contributed by atoms with Gasteiger partial charge in [0.05, 0.1) is 25.6 Å². The number of methoxy groups -OCH3 is 2. The molecule has 0 aromatic heterocycles. The van der Waals surface area contributed by atoms with Gasteiger partial charge in [-0.05, 0) is 18.2 Å². The third kappa shape index (κ3) is 2.67. The topological polar surface area (TPSA) is 83.8 Å². The maximum absolute atomic E-state index is 13.5. The molecule has 0 aliphatic carbocycles. The molecule has 0 spiro atoms. The maximum Gasteiger partial charge on any atom is 0.263 e. The van der Waals surface area contributed by atoms with Gasteiger partial charge in [-0.15, -0.1) is 0 Å². The Bertz CT molecular complexity index is 942. The van der Waals surface area contributed by atoms with E-state index in [1.807, 2.05) is 0 Å². The van der Waals surface area contributed by atoms with E-state index in [0.29, 0.717) is 17.2 Å². The quantitative estimate of drug-likeness (QED) is 0.772. The van der Waals surface area contributed by atoms with Gasteiger partial charge in [-0.2, -0.15) is 5.11 Å². The number of fused-ring (bicyclic) bond motifs is 1. The van der Waals surface area contributed by atoms with Crippen LogP contribution in [-0.2, 0) is 9.59 Å². The molecule has 2 aromatic rings. The average Bonchev–Trinajstić information content (AvgIpc) is 3.21. The van der Waals surface area contributed by atoms with E-state index in [1.54, 1.807) is 18.2 Å². The van der Waals surface area contributed by atoms with Crippen LogP contribution in [-0.4, -0.2) is 38.1 Å². The molecule has 0 radical (unpaired) electrons. The van der Waals surface area contributed by atoms with Crippen LogP contribution >= 0.6 is 0 Å². The van der Waals surface area contributed by atoms with Crippen molar-refractivity contribution < 1.29 is 23.5 Å². The fourth-order valence-corrected chi connectivity index (χ4v) is 3.17.